The van der Waals surface area contributed by atoms with Gasteiger partial charge >= 0.3 is 0 Å². The molecule has 0 radical (unpaired) electrons. The van der Waals surface area contributed by atoms with E-state index in [0.29, 0.717) is 0 Å². The lowest BCUT2D eigenvalue weighted by atomic mass is 9.93. The van der Waals surface area contributed by atoms with Crippen LogP contribution in [0.15, 0.2) is 30.3 Å². The molecule has 94 valence electrons. The minimum atomic E-state index is 1.21. The van der Waals surface area contributed by atoms with Crippen molar-refractivity contribution in [2.24, 2.45) is 0 Å². The molecule has 18 heavy (non-hydrogen) atoms. The summed E-state index contributed by atoms with van der Waals surface area (Å²) < 4.78 is 0. The highest BCUT2D eigenvalue weighted by Gasteiger charge is 2.09. The Labute approximate surface area is 110 Å². The zero-order valence-electron chi connectivity index (χ0n) is 11.9. The van der Waals surface area contributed by atoms with Crippen LogP contribution in [0, 0.1) is 27.7 Å². The monoisotopic (exact) mass is 239 g/mol. The zero-order valence-corrected chi connectivity index (χ0v) is 11.9. The van der Waals surface area contributed by atoms with Gasteiger partial charge in [-0.3, -0.25) is 0 Å². The Morgan fingerprint density at radius 2 is 1.44 bits per heavy atom. The molecule has 0 heterocycles. The van der Waals surface area contributed by atoms with Crippen molar-refractivity contribution in [3.05, 3.63) is 52.6 Å². The third kappa shape index (κ3) is 2.26. The van der Waals surface area contributed by atoms with Crippen molar-refractivity contribution in [3.8, 4) is 11.1 Å². The fourth-order valence-electron chi connectivity index (χ4n) is 2.42. The molecule has 0 aliphatic carbocycles. The minimum absolute atomic E-state index is 1.21. The SMILES string of the molecule is CNc1cc(C)cc(-c2cc(C)ccc2C)c1C. The summed E-state index contributed by atoms with van der Waals surface area (Å²) in [6, 6.07) is 11.1. The van der Waals surface area contributed by atoms with E-state index < -0.39 is 0 Å². The van der Waals surface area contributed by atoms with Gasteiger partial charge in [-0.05, 0) is 61.6 Å². The van der Waals surface area contributed by atoms with Crippen molar-refractivity contribution < 1.29 is 0 Å². The first kappa shape index (κ1) is 12.7. The maximum atomic E-state index is 3.28. The molecule has 0 aromatic heterocycles. The molecule has 0 unspecified atom stereocenters. The van der Waals surface area contributed by atoms with Gasteiger partial charge in [0.1, 0.15) is 0 Å². The molecule has 0 fully saturated rings. The largest absolute Gasteiger partial charge is 0.388 e. The summed E-state index contributed by atoms with van der Waals surface area (Å²) in [7, 11) is 1.98. The van der Waals surface area contributed by atoms with E-state index in [-0.39, 0.29) is 0 Å². The van der Waals surface area contributed by atoms with E-state index in [1.807, 2.05) is 7.05 Å². The topological polar surface area (TPSA) is 12.0 Å². The second-order valence-corrected chi connectivity index (χ2v) is 5.05. The smallest absolute Gasteiger partial charge is 0.0376 e. The van der Waals surface area contributed by atoms with Crippen LogP contribution in [0.3, 0.4) is 0 Å². The van der Waals surface area contributed by atoms with Crippen LogP contribution in [0.5, 0.6) is 0 Å². The number of anilines is 1. The number of hydrogen-bond donors (Lipinski definition) is 1. The van der Waals surface area contributed by atoms with Crippen molar-refractivity contribution in [1.82, 2.24) is 0 Å². The van der Waals surface area contributed by atoms with Crippen LogP contribution in [0.25, 0.3) is 11.1 Å². The Morgan fingerprint density at radius 1 is 0.778 bits per heavy atom. The van der Waals surface area contributed by atoms with Crippen molar-refractivity contribution in [2.45, 2.75) is 27.7 Å². The highest BCUT2D eigenvalue weighted by molar-refractivity contribution is 5.77. The van der Waals surface area contributed by atoms with Crippen molar-refractivity contribution in [2.75, 3.05) is 12.4 Å². The third-order valence-corrected chi connectivity index (χ3v) is 3.50. The normalized spacial score (nSPS) is 10.5. The van der Waals surface area contributed by atoms with Gasteiger partial charge in [-0.25, -0.2) is 0 Å². The summed E-state index contributed by atoms with van der Waals surface area (Å²) >= 11 is 0. The summed E-state index contributed by atoms with van der Waals surface area (Å²) in [6.45, 7) is 8.65. The highest BCUT2D eigenvalue weighted by Crippen LogP contribution is 2.32. The highest BCUT2D eigenvalue weighted by atomic mass is 14.8. The van der Waals surface area contributed by atoms with Crippen molar-refractivity contribution in [3.63, 3.8) is 0 Å². The predicted molar refractivity (Wildman–Crippen MR) is 80.4 cm³/mol. The summed E-state index contributed by atoms with van der Waals surface area (Å²) in [5.41, 5.74) is 9.13. The van der Waals surface area contributed by atoms with Crippen LogP contribution >= 0.6 is 0 Å². The molecule has 0 amide bonds. The molecule has 1 heteroatoms. The number of rotatable bonds is 2. The number of benzene rings is 2. The van der Waals surface area contributed by atoms with Gasteiger partial charge in [0.05, 0.1) is 0 Å². The lowest BCUT2D eigenvalue weighted by molar-refractivity contribution is 1.33. The van der Waals surface area contributed by atoms with Crippen LogP contribution in [0.2, 0.25) is 0 Å². The molecule has 0 saturated carbocycles. The standard InChI is InChI=1S/C17H21N/c1-11-6-7-13(3)15(8-11)16-9-12(2)10-17(18-5)14(16)4/h6-10,18H,1-5H3. The van der Waals surface area contributed by atoms with E-state index in [2.05, 4.69) is 63.3 Å². The Balaban J connectivity index is 2.70. The van der Waals surface area contributed by atoms with E-state index in [0.717, 1.165) is 0 Å². The third-order valence-electron chi connectivity index (χ3n) is 3.50. The number of nitrogens with one attached hydrogen (secondary N) is 1. The van der Waals surface area contributed by atoms with Gasteiger partial charge in [-0.1, -0.05) is 29.8 Å². The van der Waals surface area contributed by atoms with Crippen LogP contribution < -0.4 is 5.32 Å². The first-order valence-electron chi connectivity index (χ1n) is 6.39. The van der Waals surface area contributed by atoms with Gasteiger partial charge in [0.25, 0.3) is 0 Å². The van der Waals surface area contributed by atoms with E-state index in [1.54, 1.807) is 0 Å². The first-order valence-corrected chi connectivity index (χ1v) is 6.39. The van der Waals surface area contributed by atoms with E-state index in [1.165, 1.54) is 39.1 Å². The molecule has 0 aliphatic rings. The number of aryl methyl sites for hydroxylation is 3. The van der Waals surface area contributed by atoms with Crippen LogP contribution in [0.1, 0.15) is 22.3 Å². The number of hydrogen-bond acceptors (Lipinski definition) is 1. The van der Waals surface area contributed by atoms with Crippen LogP contribution in [0.4, 0.5) is 5.69 Å². The zero-order chi connectivity index (χ0) is 13.3. The average molecular weight is 239 g/mol. The molecule has 0 bridgehead atoms. The second-order valence-electron chi connectivity index (χ2n) is 5.05. The molecule has 0 aliphatic heterocycles. The summed E-state index contributed by atoms with van der Waals surface area (Å²) in [4.78, 5) is 0. The van der Waals surface area contributed by atoms with Gasteiger partial charge in [0.15, 0.2) is 0 Å². The van der Waals surface area contributed by atoms with E-state index in [4.69, 9.17) is 0 Å². The fraction of sp³-hybridized carbons (Fsp3) is 0.294. The molecule has 1 N–H and O–H groups in total. The minimum Gasteiger partial charge on any atom is -0.388 e. The molecular formula is C17H21N. The molecule has 0 spiro atoms. The predicted octanol–water partition coefficient (Wildman–Crippen LogP) is 4.63. The summed E-state index contributed by atoms with van der Waals surface area (Å²) in [5, 5.41) is 3.28. The Bertz CT molecular complexity index is 582. The van der Waals surface area contributed by atoms with Gasteiger partial charge in [0.2, 0.25) is 0 Å². The summed E-state index contributed by atoms with van der Waals surface area (Å²) in [5.74, 6) is 0. The Hall–Kier alpha value is -1.76. The Kier molecular flexibility index (Phi) is 3.42. The molecule has 0 saturated heterocycles. The van der Waals surface area contributed by atoms with Gasteiger partial charge in [0, 0.05) is 12.7 Å². The molecule has 1 nitrogen and oxygen atoms in total. The molecule has 0 atom stereocenters. The van der Waals surface area contributed by atoms with Crippen molar-refractivity contribution >= 4 is 5.69 Å². The van der Waals surface area contributed by atoms with Crippen LogP contribution in [-0.2, 0) is 0 Å². The maximum Gasteiger partial charge on any atom is 0.0376 e. The van der Waals surface area contributed by atoms with Gasteiger partial charge < -0.3 is 5.32 Å². The molecule has 2 rings (SSSR count). The lowest BCUT2D eigenvalue weighted by Crippen LogP contribution is -1.96. The van der Waals surface area contributed by atoms with Crippen molar-refractivity contribution in [1.29, 1.82) is 0 Å². The van der Waals surface area contributed by atoms with Gasteiger partial charge in [-0.2, -0.15) is 0 Å². The first-order chi connectivity index (χ1) is 8.52. The van der Waals surface area contributed by atoms with E-state index >= 15 is 0 Å². The maximum absolute atomic E-state index is 3.28. The fourth-order valence-corrected chi connectivity index (χ4v) is 2.42. The molecule has 2 aromatic carbocycles. The molecule has 2 aromatic rings. The lowest BCUT2D eigenvalue weighted by Gasteiger charge is -2.15. The van der Waals surface area contributed by atoms with Crippen LogP contribution in [-0.4, -0.2) is 7.05 Å². The Morgan fingerprint density at radius 3 is 2.11 bits per heavy atom. The second kappa shape index (κ2) is 4.85. The summed E-state index contributed by atoms with van der Waals surface area (Å²) in [6.07, 6.45) is 0. The average Bonchev–Trinajstić information content (AvgIpc) is 2.35. The molecular weight excluding hydrogens is 218 g/mol. The van der Waals surface area contributed by atoms with E-state index in [9.17, 15) is 0 Å². The quantitative estimate of drug-likeness (QED) is 0.805. The van der Waals surface area contributed by atoms with Gasteiger partial charge in [-0.15, -0.1) is 0 Å².